The van der Waals surface area contributed by atoms with Gasteiger partial charge in [0.2, 0.25) is 5.82 Å². The van der Waals surface area contributed by atoms with E-state index in [0.717, 1.165) is 6.07 Å². The SMILES string of the molecule is CN(CC(=O)O)Cc1cccc([N+](=O)[O-])c1F. The van der Waals surface area contributed by atoms with Crippen LogP contribution in [-0.4, -0.2) is 34.5 Å². The highest BCUT2D eigenvalue weighted by atomic mass is 19.1. The monoisotopic (exact) mass is 242 g/mol. The fourth-order valence-corrected chi connectivity index (χ4v) is 1.41. The molecule has 0 saturated heterocycles. The number of likely N-dealkylation sites (N-methyl/N-ethyl adjacent to an activating group) is 1. The van der Waals surface area contributed by atoms with E-state index in [2.05, 4.69) is 0 Å². The fraction of sp³-hybridized carbons (Fsp3) is 0.300. The number of nitrogens with zero attached hydrogens (tertiary/aromatic N) is 2. The van der Waals surface area contributed by atoms with E-state index in [1.54, 1.807) is 0 Å². The van der Waals surface area contributed by atoms with E-state index in [4.69, 9.17) is 5.11 Å². The highest BCUT2D eigenvalue weighted by Crippen LogP contribution is 2.20. The molecule has 0 aliphatic heterocycles. The van der Waals surface area contributed by atoms with Crippen molar-refractivity contribution in [3.05, 3.63) is 39.7 Å². The number of benzene rings is 1. The number of aliphatic carboxylic acids is 1. The summed E-state index contributed by atoms with van der Waals surface area (Å²) in [6.45, 7) is -0.262. The first-order valence-electron chi connectivity index (χ1n) is 4.74. The van der Waals surface area contributed by atoms with Crippen LogP contribution in [0.25, 0.3) is 0 Å². The smallest absolute Gasteiger partial charge is 0.317 e. The van der Waals surface area contributed by atoms with Crippen molar-refractivity contribution in [2.24, 2.45) is 0 Å². The minimum Gasteiger partial charge on any atom is -0.480 e. The molecule has 0 radical (unpaired) electrons. The lowest BCUT2D eigenvalue weighted by Gasteiger charge is -2.14. The summed E-state index contributed by atoms with van der Waals surface area (Å²) in [5.41, 5.74) is -0.505. The second-order valence-electron chi connectivity index (χ2n) is 3.57. The molecule has 0 amide bonds. The average molecular weight is 242 g/mol. The standard InChI is InChI=1S/C10H11FN2O4/c1-12(6-9(14)15)5-7-3-2-4-8(10(7)11)13(16)17/h2-4H,5-6H2,1H3,(H,14,15). The highest BCUT2D eigenvalue weighted by molar-refractivity contribution is 5.69. The summed E-state index contributed by atoms with van der Waals surface area (Å²) in [5, 5.41) is 19.0. The van der Waals surface area contributed by atoms with Crippen LogP contribution in [0, 0.1) is 15.9 Å². The fourth-order valence-electron chi connectivity index (χ4n) is 1.41. The highest BCUT2D eigenvalue weighted by Gasteiger charge is 2.18. The number of carboxylic acid groups (broad SMARTS) is 1. The normalized spacial score (nSPS) is 10.5. The molecule has 6 nitrogen and oxygen atoms in total. The minimum atomic E-state index is -1.04. The third-order valence-electron chi connectivity index (χ3n) is 2.10. The number of rotatable bonds is 5. The minimum absolute atomic E-state index is 0.000185. The molecule has 17 heavy (non-hydrogen) atoms. The van der Waals surface area contributed by atoms with Crippen LogP contribution in [0.5, 0.6) is 0 Å². The molecular weight excluding hydrogens is 231 g/mol. The van der Waals surface area contributed by atoms with Crippen LogP contribution < -0.4 is 0 Å². The summed E-state index contributed by atoms with van der Waals surface area (Å²) in [5.74, 6) is -1.96. The molecule has 0 unspecified atom stereocenters. The molecule has 0 aromatic heterocycles. The Labute approximate surface area is 96.4 Å². The molecule has 0 saturated carbocycles. The van der Waals surface area contributed by atoms with E-state index in [0.29, 0.717) is 0 Å². The molecule has 92 valence electrons. The molecule has 0 bridgehead atoms. The first-order valence-corrected chi connectivity index (χ1v) is 4.74. The van der Waals surface area contributed by atoms with Gasteiger partial charge in [-0.25, -0.2) is 0 Å². The Bertz CT molecular complexity index is 450. The van der Waals surface area contributed by atoms with Crippen LogP contribution >= 0.6 is 0 Å². The van der Waals surface area contributed by atoms with Gasteiger partial charge in [0.25, 0.3) is 0 Å². The van der Waals surface area contributed by atoms with Gasteiger partial charge in [-0.1, -0.05) is 12.1 Å². The number of hydrogen-bond donors (Lipinski definition) is 1. The van der Waals surface area contributed by atoms with E-state index in [-0.39, 0.29) is 18.7 Å². The van der Waals surface area contributed by atoms with Crippen LogP contribution in [-0.2, 0) is 11.3 Å². The summed E-state index contributed by atoms with van der Waals surface area (Å²) in [6, 6.07) is 3.82. The van der Waals surface area contributed by atoms with Gasteiger partial charge in [0.05, 0.1) is 11.5 Å². The predicted octanol–water partition coefficient (Wildman–Crippen LogP) is 1.25. The lowest BCUT2D eigenvalue weighted by molar-refractivity contribution is -0.387. The number of halogens is 1. The van der Waals surface area contributed by atoms with Gasteiger partial charge in [-0.15, -0.1) is 0 Å². The first-order chi connectivity index (χ1) is 7.91. The van der Waals surface area contributed by atoms with Gasteiger partial charge in [0, 0.05) is 18.2 Å². The Hall–Kier alpha value is -2.02. The van der Waals surface area contributed by atoms with Crippen LogP contribution in [0.1, 0.15) is 5.56 Å². The van der Waals surface area contributed by atoms with E-state index < -0.39 is 22.4 Å². The molecule has 0 atom stereocenters. The maximum absolute atomic E-state index is 13.6. The molecule has 7 heteroatoms. The van der Waals surface area contributed by atoms with Gasteiger partial charge in [-0.3, -0.25) is 19.8 Å². The largest absolute Gasteiger partial charge is 0.480 e. The van der Waals surface area contributed by atoms with Crippen molar-refractivity contribution in [1.82, 2.24) is 4.90 Å². The number of nitro groups is 1. The van der Waals surface area contributed by atoms with Gasteiger partial charge in [0.1, 0.15) is 0 Å². The second-order valence-corrected chi connectivity index (χ2v) is 3.57. The average Bonchev–Trinajstić information content (AvgIpc) is 2.19. The van der Waals surface area contributed by atoms with E-state index >= 15 is 0 Å². The Kier molecular flexibility index (Phi) is 4.11. The zero-order valence-electron chi connectivity index (χ0n) is 9.09. The number of carbonyl (C=O) groups is 1. The molecule has 1 aromatic carbocycles. The van der Waals surface area contributed by atoms with Gasteiger partial charge in [-0.2, -0.15) is 4.39 Å². The molecule has 0 aliphatic rings. The van der Waals surface area contributed by atoms with Crippen LogP contribution in [0.15, 0.2) is 18.2 Å². The third-order valence-corrected chi connectivity index (χ3v) is 2.10. The molecule has 0 spiro atoms. The molecule has 1 rings (SSSR count). The van der Waals surface area contributed by atoms with Crippen molar-refractivity contribution in [3.63, 3.8) is 0 Å². The van der Waals surface area contributed by atoms with E-state index in [1.807, 2.05) is 0 Å². The Morgan fingerprint density at radius 3 is 2.76 bits per heavy atom. The zero-order chi connectivity index (χ0) is 13.0. The maximum atomic E-state index is 13.6. The van der Waals surface area contributed by atoms with E-state index in [1.165, 1.54) is 24.1 Å². The summed E-state index contributed by atoms with van der Waals surface area (Å²) in [6.07, 6.45) is 0. The van der Waals surface area contributed by atoms with Crippen molar-refractivity contribution in [2.75, 3.05) is 13.6 Å². The molecular formula is C10H11FN2O4. The van der Waals surface area contributed by atoms with Gasteiger partial charge >= 0.3 is 11.7 Å². The maximum Gasteiger partial charge on any atom is 0.317 e. The van der Waals surface area contributed by atoms with Crippen molar-refractivity contribution in [3.8, 4) is 0 Å². The number of nitro benzene ring substituents is 1. The molecule has 0 fully saturated rings. The van der Waals surface area contributed by atoms with Crippen LogP contribution in [0.4, 0.5) is 10.1 Å². The summed E-state index contributed by atoms with van der Waals surface area (Å²) in [7, 11) is 1.49. The second kappa shape index (κ2) is 5.35. The molecule has 0 aliphatic carbocycles. The van der Waals surface area contributed by atoms with Crippen molar-refractivity contribution >= 4 is 11.7 Å². The number of hydrogen-bond acceptors (Lipinski definition) is 4. The summed E-state index contributed by atoms with van der Waals surface area (Å²) in [4.78, 5) is 21.5. The lowest BCUT2D eigenvalue weighted by Crippen LogP contribution is -2.25. The Balaban J connectivity index is 2.88. The predicted molar refractivity (Wildman–Crippen MR) is 57.0 cm³/mol. The van der Waals surface area contributed by atoms with Crippen molar-refractivity contribution < 1.29 is 19.2 Å². The van der Waals surface area contributed by atoms with Gasteiger partial charge < -0.3 is 5.11 Å². The van der Waals surface area contributed by atoms with Crippen molar-refractivity contribution in [1.29, 1.82) is 0 Å². The van der Waals surface area contributed by atoms with Gasteiger partial charge in [-0.05, 0) is 7.05 Å². The molecule has 1 aromatic rings. The Morgan fingerprint density at radius 1 is 1.59 bits per heavy atom. The lowest BCUT2D eigenvalue weighted by atomic mass is 10.1. The first kappa shape index (κ1) is 13.0. The summed E-state index contributed by atoms with van der Waals surface area (Å²) >= 11 is 0. The molecule has 0 heterocycles. The van der Waals surface area contributed by atoms with Crippen molar-refractivity contribution in [2.45, 2.75) is 6.54 Å². The summed E-state index contributed by atoms with van der Waals surface area (Å²) < 4.78 is 13.6. The zero-order valence-corrected chi connectivity index (χ0v) is 9.09. The Morgan fingerprint density at radius 2 is 2.24 bits per heavy atom. The quantitative estimate of drug-likeness (QED) is 0.620. The third kappa shape index (κ3) is 3.49. The van der Waals surface area contributed by atoms with Crippen LogP contribution in [0.3, 0.4) is 0 Å². The van der Waals surface area contributed by atoms with Gasteiger partial charge in [0.15, 0.2) is 0 Å². The van der Waals surface area contributed by atoms with E-state index in [9.17, 15) is 19.3 Å². The number of carboxylic acids is 1. The molecule has 1 N–H and O–H groups in total. The van der Waals surface area contributed by atoms with Crippen LogP contribution in [0.2, 0.25) is 0 Å². The topological polar surface area (TPSA) is 83.7 Å².